The number of aromatic nitrogens is 2. The Labute approximate surface area is 202 Å². The average Bonchev–Trinajstić information content (AvgIpc) is 3.09. The Bertz CT molecular complexity index is 1150. The number of hydrogen-bond acceptors (Lipinski definition) is 4. The van der Waals surface area contributed by atoms with E-state index in [2.05, 4.69) is 40.8 Å². The van der Waals surface area contributed by atoms with E-state index in [1.807, 2.05) is 44.3 Å². The van der Waals surface area contributed by atoms with E-state index in [9.17, 15) is 4.79 Å². The minimum absolute atomic E-state index is 0.0479. The summed E-state index contributed by atoms with van der Waals surface area (Å²) in [6.07, 6.45) is 2.87. The summed E-state index contributed by atoms with van der Waals surface area (Å²) >= 11 is 0. The fraction of sp³-hybridized carbons (Fsp3) is 0.429. The van der Waals surface area contributed by atoms with Gasteiger partial charge in [-0.3, -0.25) is 4.79 Å². The van der Waals surface area contributed by atoms with Gasteiger partial charge in [-0.25, -0.2) is 4.98 Å². The number of hydrogen-bond donors (Lipinski definition) is 0. The second-order valence-corrected chi connectivity index (χ2v) is 9.67. The molecule has 34 heavy (non-hydrogen) atoms. The number of imidazole rings is 1. The monoisotopic (exact) mass is 458 g/mol. The maximum absolute atomic E-state index is 13.5. The zero-order chi connectivity index (χ0) is 23.7. The van der Waals surface area contributed by atoms with Crippen molar-refractivity contribution in [1.82, 2.24) is 19.4 Å². The summed E-state index contributed by atoms with van der Waals surface area (Å²) in [7, 11) is 4.01. The lowest BCUT2D eigenvalue weighted by atomic mass is 10.00. The molecule has 178 valence electrons. The number of rotatable bonds is 5. The van der Waals surface area contributed by atoms with Gasteiger partial charge in [0.1, 0.15) is 17.6 Å². The topological polar surface area (TPSA) is 50.6 Å². The highest BCUT2D eigenvalue weighted by Crippen LogP contribution is 2.35. The molecule has 1 fully saturated rings. The number of nitrogens with zero attached hydrogens (tertiary/aromatic N) is 4. The van der Waals surface area contributed by atoms with Crippen molar-refractivity contribution in [3.63, 3.8) is 0 Å². The van der Waals surface area contributed by atoms with Crippen LogP contribution in [-0.4, -0.2) is 58.5 Å². The largest absolute Gasteiger partial charge is 0.362 e. The molecule has 0 bridgehead atoms. The quantitative estimate of drug-likeness (QED) is 0.575. The molecule has 2 aliphatic heterocycles. The zero-order valence-corrected chi connectivity index (χ0v) is 20.4. The van der Waals surface area contributed by atoms with E-state index in [-0.39, 0.29) is 18.1 Å². The van der Waals surface area contributed by atoms with Crippen molar-refractivity contribution in [2.75, 3.05) is 27.2 Å². The fourth-order valence-corrected chi connectivity index (χ4v) is 5.19. The lowest BCUT2D eigenvalue weighted by molar-refractivity contribution is -0.0276. The van der Waals surface area contributed by atoms with E-state index >= 15 is 0 Å². The van der Waals surface area contributed by atoms with Crippen molar-refractivity contribution < 1.29 is 9.53 Å². The van der Waals surface area contributed by atoms with Crippen molar-refractivity contribution in [3.8, 4) is 0 Å². The SMILES string of the molecule is Cc1c(C(=O)N(C)Cc2ccccc2)nc2n1CCc1ccccc1C2OC1CCN(C)CC1. The predicted molar refractivity (Wildman–Crippen MR) is 133 cm³/mol. The molecule has 1 atom stereocenters. The Morgan fingerprint density at radius 3 is 2.53 bits per heavy atom. The molecule has 6 nitrogen and oxygen atoms in total. The summed E-state index contributed by atoms with van der Waals surface area (Å²) < 4.78 is 8.99. The summed E-state index contributed by atoms with van der Waals surface area (Å²) in [5.41, 5.74) is 5.05. The predicted octanol–water partition coefficient (Wildman–Crippen LogP) is 4.22. The van der Waals surface area contributed by atoms with Crippen LogP contribution in [0.5, 0.6) is 0 Å². The summed E-state index contributed by atoms with van der Waals surface area (Å²) in [5.74, 6) is 0.811. The number of benzene rings is 2. The second kappa shape index (κ2) is 9.72. The smallest absolute Gasteiger partial charge is 0.274 e. The van der Waals surface area contributed by atoms with Gasteiger partial charge in [-0.1, -0.05) is 54.6 Å². The molecular weight excluding hydrogens is 424 g/mol. The Balaban J connectivity index is 1.47. The molecule has 1 aromatic heterocycles. The van der Waals surface area contributed by atoms with Crippen LogP contribution in [0.15, 0.2) is 54.6 Å². The van der Waals surface area contributed by atoms with E-state index in [0.717, 1.165) is 56.0 Å². The Morgan fingerprint density at radius 2 is 1.76 bits per heavy atom. The van der Waals surface area contributed by atoms with Crippen LogP contribution in [0.25, 0.3) is 0 Å². The normalized spacial score (nSPS) is 18.7. The highest BCUT2D eigenvalue weighted by Gasteiger charge is 2.33. The molecule has 1 saturated heterocycles. The van der Waals surface area contributed by atoms with Gasteiger partial charge < -0.3 is 19.1 Å². The van der Waals surface area contributed by atoms with Crippen molar-refractivity contribution in [2.24, 2.45) is 0 Å². The van der Waals surface area contributed by atoms with Crippen LogP contribution in [0.3, 0.4) is 0 Å². The van der Waals surface area contributed by atoms with Crippen LogP contribution in [0.4, 0.5) is 0 Å². The summed E-state index contributed by atoms with van der Waals surface area (Å²) in [4.78, 5) is 22.5. The van der Waals surface area contributed by atoms with Gasteiger partial charge in [0, 0.05) is 38.9 Å². The highest BCUT2D eigenvalue weighted by atomic mass is 16.5. The van der Waals surface area contributed by atoms with Gasteiger partial charge in [-0.05, 0) is 49.9 Å². The maximum atomic E-state index is 13.5. The third kappa shape index (κ3) is 4.52. The van der Waals surface area contributed by atoms with Gasteiger partial charge >= 0.3 is 0 Å². The molecule has 0 N–H and O–H groups in total. The minimum atomic E-state index is -0.258. The molecule has 0 saturated carbocycles. The minimum Gasteiger partial charge on any atom is -0.362 e. The first-order valence-electron chi connectivity index (χ1n) is 12.3. The number of aryl methyl sites for hydroxylation is 1. The summed E-state index contributed by atoms with van der Waals surface area (Å²) in [5, 5.41) is 0. The van der Waals surface area contributed by atoms with Crippen LogP contribution < -0.4 is 0 Å². The molecule has 5 rings (SSSR count). The lowest BCUT2D eigenvalue weighted by Crippen LogP contribution is -2.35. The third-order valence-corrected chi connectivity index (χ3v) is 7.23. The van der Waals surface area contributed by atoms with Gasteiger partial charge in [0.2, 0.25) is 0 Å². The number of piperidine rings is 1. The Hall–Kier alpha value is -2.96. The number of fused-ring (bicyclic) bond motifs is 2. The van der Waals surface area contributed by atoms with Gasteiger partial charge in [-0.2, -0.15) is 0 Å². The van der Waals surface area contributed by atoms with Gasteiger partial charge in [-0.15, -0.1) is 0 Å². The standard InChI is InChI=1S/C28H34N4O2/c1-20-25(28(33)31(3)19-21-9-5-4-6-10-21)29-27-26(34-23-14-16-30(2)17-15-23)24-12-8-7-11-22(24)13-18-32(20)27/h4-12,23,26H,13-19H2,1-3H3. The number of amides is 1. The first-order valence-corrected chi connectivity index (χ1v) is 12.3. The average molecular weight is 459 g/mol. The Kier molecular flexibility index (Phi) is 6.53. The maximum Gasteiger partial charge on any atom is 0.274 e. The molecular formula is C28H34N4O2. The molecule has 2 aliphatic rings. The van der Waals surface area contributed by atoms with Gasteiger partial charge in [0.15, 0.2) is 0 Å². The van der Waals surface area contributed by atoms with E-state index < -0.39 is 0 Å². The number of likely N-dealkylation sites (tertiary alicyclic amines) is 1. The Morgan fingerprint density at radius 1 is 1.06 bits per heavy atom. The van der Waals surface area contributed by atoms with Crippen molar-refractivity contribution in [3.05, 3.63) is 88.5 Å². The van der Waals surface area contributed by atoms with Gasteiger partial charge in [0.05, 0.1) is 6.10 Å². The van der Waals surface area contributed by atoms with Crippen LogP contribution in [-0.2, 0) is 24.2 Å². The van der Waals surface area contributed by atoms with E-state index in [4.69, 9.17) is 9.72 Å². The van der Waals surface area contributed by atoms with Crippen LogP contribution in [0.2, 0.25) is 0 Å². The molecule has 2 aromatic carbocycles. The second-order valence-electron chi connectivity index (χ2n) is 9.67. The van der Waals surface area contributed by atoms with Crippen LogP contribution in [0, 0.1) is 6.92 Å². The molecule has 0 radical (unpaired) electrons. The van der Waals surface area contributed by atoms with Crippen molar-refractivity contribution >= 4 is 5.91 Å². The third-order valence-electron chi connectivity index (χ3n) is 7.23. The molecule has 6 heteroatoms. The molecule has 0 aliphatic carbocycles. The van der Waals surface area contributed by atoms with Gasteiger partial charge in [0.25, 0.3) is 5.91 Å². The number of ether oxygens (including phenoxy) is 1. The first kappa shape index (κ1) is 22.8. The zero-order valence-electron chi connectivity index (χ0n) is 20.4. The van der Waals surface area contributed by atoms with E-state index in [0.29, 0.717) is 12.2 Å². The van der Waals surface area contributed by atoms with E-state index in [1.54, 1.807) is 4.90 Å². The number of carbonyl (C=O) groups is 1. The highest BCUT2D eigenvalue weighted by molar-refractivity contribution is 5.93. The van der Waals surface area contributed by atoms with Crippen LogP contribution in [0.1, 0.15) is 57.6 Å². The van der Waals surface area contributed by atoms with Crippen molar-refractivity contribution in [1.29, 1.82) is 0 Å². The van der Waals surface area contributed by atoms with E-state index in [1.165, 1.54) is 11.1 Å². The molecule has 3 heterocycles. The molecule has 3 aromatic rings. The molecule has 1 amide bonds. The fourth-order valence-electron chi connectivity index (χ4n) is 5.19. The summed E-state index contributed by atoms with van der Waals surface area (Å²) in [6.45, 7) is 5.46. The molecule has 1 unspecified atom stereocenters. The molecule has 0 spiro atoms. The summed E-state index contributed by atoms with van der Waals surface area (Å²) in [6, 6.07) is 18.6. The number of carbonyl (C=O) groups excluding carboxylic acids is 1. The lowest BCUT2D eigenvalue weighted by Gasteiger charge is -2.32. The van der Waals surface area contributed by atoms with Crippen molar-refractivity contribution in [2.45, 2.75) is 51.5 Å². The van der Waals surface area contributed by atoms with Crippen LogP contribution >= 0.6 is 0 Å². The first-order chi connectivity index (χ1) is 16.5.